The molecule has 0 saturated heterocycles. The fourth-order valence-corrected chi connectivity index (χ4v) is 1.63. The van der Waals surface area contributed by atoms with Crippen LogP contribution in [-0.2, 0) is 4.79 Å². The number of hydrogen-bond donors (Lipinski definition) is 2. The first-order valence-corrected chi connectivity index (χ1v) is 6.13. The molecule has 19 heavy (non-hydrogen) atoms. The van der Waals surface area contributed by atoms with Crippen molar-refractivity contribution in [1.82, 2.24) is 5.32 Å². The molecule has 0 saturated carbocycles. The van der Waals surface area contributed by atoms with E-state index in [2.05, 4.69) is 19.2 Å². The van der Waals surface area contributed by atoms with Gasteiger partial charge in [-0.2, -0.15) is 0 Å². The maximum atomic E-state index is 11.9. The van der Waals surface area contributed by atoms with Crippen LogP contribution in [0.15, 0.2) is 18.2 Å². The molecule has 0 heterocycles. The van der Waals surface area contributed by atoms with Gasteiger partial charge in [0.15, 0.2) is 0 Å². The molecule has 0 bridgehead atoms. The Hall–Kier alpha value is -2.04. The molecule has 0 spiro atoms. The summed E-state index contributed by atoms with van der Waals surface area (Å²) in [5.41, 5.74) is 1.50. The van der Waals surface area contributed by atoms with Crippen LogP contribution < -0.4 is 10.1 Å². The number of carboxylic acids is 1. The zero-order chi connectivity index (χ0) is 14.4. The quantitative estimate of drug-likeness (QED) is 0.825. The van der Waals surface area contributed by atoms with Gasteiger partial charge >= 0.3 is 5.97 Å². The third-order valence-electron chi connectivity index (χ3n) is 2.76. The second-order valence-corrected chi connectivity index (χ2v) is 4.51. The lowest BCUT2D eigenvalue weighted by molar-refractivity contribution is -0.136. The highest BCUT2D eigenvalue weighted by Crippen LogP contribution is 2.24. The second-order valence-electron chi connectivity index (χ2n) is 4.51. The summed E-state index contributed by atoms with van der Waals surface area (Å²) in [5.74, 6) is -0.423. The number of benzene rings is 1. The Morgan fingerprint density at radius 2 is 2.05 bits per heavy atom. The van der Waals surface area contributed by atoms with Crippen molar-refractivity contribution in [2.24, 2.45) is 0 Å². The molecule has 104 valence electrons. The van der Waals surface area contributed by atoms with E-state index in [9.17, 15) is 9.59 Å². The van der Waals surface area contributed by atoms with Gasteiger partial charge in [0, 0.05) is 6.54 Å². The van der Waals surface area contributed by atoms with E-state index >= 15 is 0 Å². The predicted molar refractivity (Wildman–Crippen MR) is 71.7 cm³/mol. The van der Waals surface area contributed by atoms with Crippen molar-refractivity contribution in [1.29, 1.82) is 0 Å². The summed E-state index contributed by atoms with van der Waals surface area (Å²) in [6.07, 6.45) is -0.0991. The summed E-state index contributed by atoms with van der Waals surface area (Å²) in [5, 5.41) is 11.1. The van der Waals surface area contributed by atoms with Crippen LogP contribution in [0, 0.1) is 0 Å². The minimum Gasteiger partial charge on any atom is -0.496 e. The first-order valence-electron chi connectivity index (χ1n) is 6.13. The van der Waals surface area contributed by atoms with Gasteiger partial charge in [-0.1, -0.05) is 19.9 Å². The normalized spacial score (nSPS) is 10.3. The van der Waals surface area contributed by atoms with E-state index in [1.165, 1.54) is 7.11 Å². The molecule has 0 radical (unpaired) electrons. The van der Waals surface area contributed by atoms with E-state index in [4.69, 9.17) is 9.84 Å². The molecule has 0 aliphatic heterocycles. The molecule has 0 aliphatic rings. The number of nitrogens with one attached hydrogen (secondary N) is 1. The van der Waals surface area contributed by atoms with Gasteiger partial charge < -0.3 is 15.2 Å². The van der Waals surface area contributed by atoms with E-state index in [1.54, 1.807) is 6.07 Å². The zero-order valence-corrected chi connectivity index (χ0v) is 11.4. The number of rotatable bonds is 6. The molecule has 1 aromatic rings. The third-order valence-corrected chi connectivity index (χ3v) is 2.76. The van der Waals surface area contributed by atoms with Gasteiger partial charge in [0.25, 0.3) is 5.91 Å². The van der Waals surface area contributed by atoms with Crippen LogP contribution in [0.5, 0.6) is 5.75 Å². The Morgan fingerprint density at radius 3 is 2.58 bits per heavy atom. The minimum atomic E-state index is -0.942. The fourth-order valence-electron chi connectivity index (χ4n) is 1.63. The highest BCUT2D eigenvalue weighted by atomic mass is 16.5. The molecule has 1 rings (SSSR count). The van der Waals surface area contributed by atoms with Crippen LogP contribution in [0.4, 0.5) is 0 Å². The molecule has 0 atom stereocenters. The van der Waals surface area contributed by atoms with Gasteiger partial charge in [-0.05, 0) is 23.6 Å². The lowest BCUT2D eigenvalue weighted by Crippen LogP contribution is -2.26. The third kappa shape index (κ3) is 4.28. The monoisotopic (exact) mass is 265 g/mol. The molecule has 0 aliphatic carbocycles. The number of hydrogen-bond acceptors (Lipinski definition) is 3. The maximum absolute atomic E-state index is 11.9. The lowest BCUT2D eigenvalue weighted by Gasteiger charge is -2.12. The second kappa shape index (κ2) is 6.78. The minimum absolute atomic E-state index is 0.0991. The Kier molecular flexibility index (Phi) is 5.36. The van der Waals surface area contributed by atoms with Gasteiger partial charge in [0.1, 0.15) is 5.75 Å². The Labute approximate surface area is 112 Å². The van der Waals surface area contributed by atoms with Gasteiger partial charge in [0.05, 0.1) is 19.1 Å². The summed E-state index contributed by atoms with van der Waals surface area (Å²) >= 11 is 0. The predicted octanol–water partition coefficient (Wildman–Crippen LogP) is 2.02. The van der Waals surface area contributed by atoms with Gasteiger partial charge in [-0.15, -0.1) is 0 Å². The number of amides is 1. The molecule has 2 N–H and O–H groups in total. The molecule has 1 aromatic carbocycles. The van der Waals surface area contributed by atoms with Crippen molar-refractivity contribution < 1.29 is 19.4 Å². The van der Waals surface area contributed by atoms with Crippen LogP contribution in [0.3, 0.4) is 0 Å². The van der Waals surface area contributed by atoms with Crippen molar-refractivity contribution in [3.05, 3.63) is 29.3 Å². The topological polar surface area (TPSA) is 75.6 Å². The number of methoxy groups -OCH3 is 1. The zero-order valence-electron chi connectivity index (χ0n) is 11.4. The summed E-state index contributed by atoms with van der Waals surface area (Å²) in [7, 11) is 1.51. The molecule has 5 nitrogen and oxygen atoms in total. The lowest BCUT2D eigenvalue weighted by atomic mass is 10.0. The first-order chi connectivity index (χ1) is 8.95. The number of carbonyl (C=O) groups excluding carboxylic acids is 1. The Balaban J connectivity index is 2.81. The smallest absolute Gasteiger partial charge is 0.305 e. The van der Waals surface area contributed by atoms with E-state index in [0.29, 0.717) is 17.2 Å². The average Bonchev–Trinajstić information content (AvgIpc) is 2.37. The molecule has 0 unspecified atom stereocenters. The SMILES string of the molecule is COc1cc(C(C)C)ccc1C(=O)NCCC(=O)O. The first kappa shape index (κ1) is 15.0. The van der Waals surface area contributed by atoms with Gasteiger partial charge in [-0.25, -0.2) is 0 Å². The van der Waals surface area contributed by atoms with E-state index < -0.39 is 5.97 Å². The van der Waals surface area contributed by atoms with Gasteiger partial charge in [0.2, 0.25) is 0 Å². The number of aliphatic carboxylic acids is 1. The van der Waals surface area contributed by atoms with Crippen LogP contribution in [-0.4, -0.2) is 30.6 Å². The van der Waals surface area contributed by atoms with Crippen LogP contribution in [0.25, 0.3) is 0 Å². The molecular weight excluding hydrogens is 246 g/mol. The van der Waals surface area contributed by atoms with Crippen molar-refractivity contribution >= 4 is 11.9 Å². The number of carboxylic acid groups (broad SMARTS) is 1. The Morgan fingerprint density at radius 1 is 1.37 bits per heavy atom. The highest BCUT2D eigenvalue weighted by Gasteiger charge is 2.13. The molecular formula is C14H19NO4. The summed E-state index contributed by atoms with van der Waals surface area (Å²) in [4.78, 5) is 22.3. The van der Waals surface area contributed by atoms with Crippen LogP contribution in [0.1, 0.15) is 42.1 Å². The van der Waals surface area contributed by atoms with Crippen molar-refractivity contribution in [2.75, 3.05) is 13.7 Å². The fraction of sp³-hybridized carbons (Fsp3) is 0.429. The summed E-state index contributed by atoms with van der Waals surface area (Å²) in [6, 6.07) is 5.40. The van der Waals surface area contributed by atoms with Crippen LogP contribution in [0.2, 0.25) is 0 Å². The van der Waals surface area contributed by atoms with Crippen molar-refractivity contribution in [3.8, 4) is 5.75 Å². The standard InChI is InChI=1S/C14H19NO4/c1-9(2)10-4-5-11(12(8-10)19-3)14(18)15-7-6-13(16)17/h4-5,8-9H,6-7H2,1-3H3,(H,15,18)(H,16,17). The molecule has 0 aromatic heterocycles. The average molecular weight is 265 g/mol. The van der Waals surface area contributed by atoms with E-state index in [-0.39, 0.29) is 18.9 Å². The number of ether oxygens (including phenoxy) is 1. The molecule has 5 heteroatoms. The van der Waals surface area contributed by atoms with Crippen molar-refractivity contribution in [2.45, 2.75) is 26.2 Å². The van der Waals surface area contributed by atoms with E-state index in [0.717, 1.165) is 5.56 Å². The number of carbonyl (C=O) groups is 2. The van der Waals surface area contributed by atoms with Crippen molar-refractivity contribution in [3.63, 3.8) is 0 Å². The highest BCUT2D eigenvalue weighted by molar-refractivity contribution is 5.97. The molecule has 1 amide bonds. The van der Waals surface area contributed by atoms with Crippen LogP contribution >= 0.6 is 0 Å². The molecule has 0 fully saturated rings. The summed E-state index contributed by atoms with van der Waals surface area (Å²) < 4.78 is 5.21. The largest absolute Gasteiger partial charge is 0.496 e. The van der Waals surface area contributed by atoms with E-state index in [1.807, 2.05) is 12.1 Å². The maximum Gasteiger partial charge on any atom is 0.305 e. The Bertz CT molecular complexity index is 469. The summed E-state index contributed by atoms with van der Waals surface area (Å²) in [6.45, 7) is 4.21. The van der Waals surface area contributed by atoms with Gasteiger partial charge in [-0.3, -0.25) is 9.59 Å².